The summed E-state index contributed by atoms with van der Waals surface area (Å²) in [5, 5.41) is 8.97. The van der Waals surface area contributed by atoms with E-state index in [-0.39, 0.29) is 19.4 Å². The molecule has 2 heterocycles. The summed E-state index contributed by atoms with van der Waals surface area (Å²) in [6, 6.07) is 9.79. The number of alkyl halides is 6. The first-order chi connectivity index (χ1) is 16.2. The summed E-state index contributed by atoms with van der Waals surface area (Å²) < 4.78 is 96.3. The van der Waals surface area contributed by atoms with Crippen LogP contribution in [0.2, 0.25) is 0 Å². The highest BCUT2D eigenvalue weighted by atomic mass is 32.1. The van der Waals surface area contributed by atoms with Crippen molar-refractivity contribution in [2.45, 2.75) is 63.5 Å². The average Bonchev–Trinajstić information content (AvgIpc) is 3.46. The molecule has 1 aliphatic heterocycles. The van der Waals surface area contributed by atoms with Gasteiger partial charge in [0, 0.05) is 29.6 Å². The summed E-state index contributed by atoms with van der Waals surface area (Å²) in [5.41, 5.74) is -6.51. The van der Waals surface area contributed by atoms with Crippen LogP contribution in [0.5, 0.6) is 0 Å². The summed E-state index contributed by atoms with van der Waals surface area (Å²) in [4.78, 5) is 2.42. The third-order valence-electron chi connectivity index (χ3n) is 7.07. The first kappa shape index (κ1) is 27.4. The Morgan fingerprint density at radius 1 is 1.09 bits per heavy atom. The van der Waals surface area contributed by atoms with Crippen LogP contribution in [0.4, 0.5) is 26.3 Å². The van der Waals surface area contributed by atoms with Crippen molar-refractivity contribution in [3.63, 3.8) is 0 Å². The van der Waals surface area contributed by atoms with Gasteiger partial charge in [-0.15, -0.1) is 0 Å². The molecule has 0 N–H and O–H groups in total. The van der Waals surface area contributed by atoms with Gasteiger partial charge in [0.25, 0.3) is 5.60 Å². The third-order valence-corrected chi connectivity index (χ3v) is 8.13. The van der Waals surface area contributed by atoms with Crippen molar-refractivity contribution in [3.8, 4) is 6.07 Å². The molecule has 0 spiro atoms. The number of hydrogen-bond donors (Lipinski definition) is 0. The van der Waals surface area contributed by atoms with E-state index in [1.54, 1.807) is 43.1 Å². The average molecular weight is 520 g/mol. The van der Waals surface area contributed by atoms with Crippen LogP contribution in [0.3, 0.4) is 0 Å². The van der Waals surface area contributed by atoms with E-state index in [1.165, 1.54) is 23.7 Å². The molecular weight excluding hydrogens is 492 g/mol. The fourth-order valence-electron chi connectivity index (χ4n) is 5.13. The molecule has 0 aliphatic carbocycles. The number of rotatable bonds is 8. The first-order valence-corrected chi connectivity index (χ1v) is 11.9. The van der Waals surface area contributed by atoms with Crippen molar-refractivity contribution in [1.82, 2.24) is 9.27 Å². The van der Waals surface area contributed by atoms with Crippen LogP contribution in [0, 0.1) is 16.7 Å². The van der Waals surface area contributed by atoms with Crippen molar-refractivity contribution in [2.24, 2.45) is 5.41 Å². The van der Waals surface area contributed by atoms with Crippen LogP contribution in [0.25, 0.3) is 0 Å². The topological polar surface area (TPSA) is 49.1 Å². The largest absolute Gasteiger partial charge is 0.427 e. The van der Waals surface area contributed by atoms with Gasteiger partial charge in [0.05, 0.1) is 17.2 Å². The monoisotopic (exact) mass is 519 g/mol. The predicted octanol–water partition coefficient (Wildman–Crippen LogP) is 6.47. The van der Waals surface area contributed by atoms with Crippen LogP contribution in [-0.4, -0.2) is 46.9 Å². The fraction of sp³-hybridized carbons (Fsp3) is 0.583. The van der Waals surface area contributed by atoms with E-state index in [1.807, 2.05) is 6.07 Å². The van der Waals surface area contributed by atoms with Crippen LogP contribution in [0.15, 0.2) is 36.5 Å². The normalized spacial score (nSPS) is 20.2. The Morgan fingerprint density at radius 2 is 1.71 bits per heavy atom. The zero-order chi connectivity index (χ0) is 26.1. The molecule has 1 aliphatic rings. The number of likely N-dealkylation sites (tertiary alicyclic amines) is 1. The maximum atomic E-state index is 14.6. The standard InChI is InChI=1S/C24H27F6N3OS/c1-4-34-22(23(25,26)27,24(28,29)30)21(11-9-17-5-7-18(15-31)8-6-17)12-14-33(16-21)20(2,3)19-10-13-32-35-19/h5-8,10,13H,4,9,11-12,14,16H2,1-3H3/t21-/m1/s1. The molecule has 1 saturated heterocycles. The molecule has 0 radical (unpaired) electrons. The lowest BCUT2D eigenvalue weighted by molar-refractivity contribution is -0.415. The van der Waals surface area contributed by atoms with E-state index in [2.05, 4.69) is 4.37 Å². The van der Waals surface area contributed by atoms with Gasteiger partial charge in [-0.2, -0.15) is 31.6 Å². The molecule has 1 aromatic carbocycles. The minimum Gasteiger partial charge on any atom is -0.358 e. The van der Waals surface area contributed by atoms with E-state index >= 15 is 0 Å². The number of nitrogens with zero attached hydrogens (tertiary/aromatic N) is 3. The third kappa shape index (κ3) is 4.80. The SMILES string of the molecule is CCOC(C(F)(F)F)(C(F)(F)F)[C@]1(CCc2ccc(C#N)cc2)CCN(C(C)(C)c2ccns2)C1. The van der Waals surface area contributed by atoms with Gasteiger partial charge in [-0.25, -0.2) is 4.37 Å². The first-order valence-electron chi connectivity index (χ1n) is 11.2. The molecular formula is C24H27F6N3OS. The summed E-state index contributed by atoms with van der Waals surface area (Å²) in [5.74, 6) is 0. The summed E-state index contributed by atoms with van der Waals surface area (Å²) >= 11 is 1.17. The minimum absolute atomic E-state index is 0.0263. The summed E-state index contributed by atoms with van der Waals surface area (Å²) in [7, 11) is 0. The smallest absolute Gasteiger partial charge is 0.358 e. The fourth-order valence-corrected chi connectivity index (χ4v) is 5.84. The second-order valence-corrected chi connectivity index (χ2v) is 10.1. The Kier molecular flexibility index (Phi) is 7.61. The van der Waals surface area contributed by atoms with E-state index < -0.39 is 48.5 Å². The van der Waals surface area contributed by atoms with Gasteiger partial charge in [0.1, 0.15) is 0 Å². The highest BCUT2D eigenvalue weighted by Gasteiger charge is 2.81. The van der Waals surface area contributed by atoms with E-state index in [0.717, 1.165) is 11.8 Å². The molecule has 1 fully saturated rings. The van der Waals surface area contributed by atoms with Crippen molar-refractivity contribution in [2.75, 3.05) is 19.7 Å². The molecule has 0 unspecified atom stereocenters. The number of halogens is 6. The Morgan fingerprint density at radius 3 is 2.20 bits per heavy atom. The number of ether oxygens (including phenoxy) is 1. The van der Waals surface area contributed by atoms with Gasteiger partial charge in [0.15, 0.2) is 0 Å². The molecule has 1 atom stereocenters. The summed E-state index contributed by atoms with van der Waals surface area (Å²) in [6.07, 6.45) is -10.6. The van der Waals surface area contributed by atoms with Gasteiger partial charge >= 0.3 is 12.4 Å². The second kappa shape index (κ2) is 9.71. The Balaban J connectivity index is 2.09. The number of aryl methyl sites for hydroxylation is 1. The molecule has 35 heavy (non-hydrogen) atoms. The van der Waals surface area contributed by atoms with Crippen LogP contribution in [0.1, 0.15) is 49.6 Å². The van der Waals surface area contributed by atoms with E-state index in [0.29, 0.717) is 11.1 Å². The second-order valence-electron chi connectivity index (χ2n) is 9.31. The zero-order valence-corrected chi connectivity index (χ0v) is 20.4. The molecule has 192 valence electrons. The predicted molar refractivity (Wildman–Crippen MR) is 120 cm³/mol. The van der Waals surface area contributed by atoms with Gasteiger partial charge < -0.3 is 4.74 Å². The molecule has 0 saturated carbocycles. The Bertz CT molecular complexity index is 1010. The number of benzene rings is 1. The van der Waals surface area contributed by atoms with E-state index in [9.17, 15) is 26.3 Å². The van der Waals surface area contributed by atoms with Crippen LogP contribution >= 0.6 is 11.5 Å². The summed E-state index contributed by atoms with van der Waals surface area (Å²) in [6.45, 7) is 3.55. The molecule has 3 rings (SSSR count). The lowest BCUT2D eigenvalue weighted by Crippen LogP contribution is -2.69. The molecule has 2 aromatic rings. The Labute approximate surface area is 204 Å². The Hall–Kier alpha value is -2.16. The van der Waals surface area contributed by atoms with Gasteiger partial charge in [0.2, 0.25) is 0 Å². The van der Waals surface area contributed by atoms with E-state index in [4.69, 9.17) is 10.00 Å². The quantitative estimate of drug-likeness (QED) is 0.375. The minimum atomic E-state index is -5.68. The maximum absolute atomic E-state index is 14.6. The van der Waals surface area contributed by atoms with Crippen molar-refractivity contribution < 1.29 is 31.1 Å². The van der Waals surface area contributed by atoms with Crippen LogP contribution < -0.4 is 0 Å². The van der Waals surface area contributed by atoms with Crippen LogP contribution in [-0.2, 0) is 16.7 Å². The molecule has 1 aromatic heterocycles. The molecule has 11 heteroatoms. The maximum Gasteiger partial charge on any atom is 0.427 e. The van der Waals surface area contributed by atoms with Crippen molar-refractivity contribution >= 4 is 11.5 Å². The number of hydrogen-bond acceptors (Lipinski definition) is 5. The lowest BCUT2D eigenvalue weighted by Gasteiger charge is -2.50. The molecule has 4 nitrogen and oxygen atoms in total. The van der Waals surface area contributed by atoms with Gasteiger partial charge in [-0.05, 0) is 81.9 Å². The highest BCUT2D eigenvalue weighted by molar-refractivity contribution is 7.05. The van der Waals surface area contributed by atoms with Gasteiger partial charge in [-0.1, -0.05) is 12.1 Å². The number of nitriles is 1. The zero-order valence-electron chi connectivity index (χ0n) is 19.6. The molecule has 0 bridgehead atoms. The number of aromatic nitrogens is 1. The van der Waals surface area contributed by atoms with Crippen molar-refractivity contribution in [1.29, 1.82) is 5.26 Å². The lowest BCUT2D eigenvalue weighted by atomic mass is 9.66. The van der Waals surface area contributed by atoms with Crippen molar-refractivity contribution in [3.05, 3.63) is 52.5 Å². The van der Waals surface area contributed by atoms with Gasteiger partial charge in [-0.3, -0.25) is 4.90 Å². The highest BCUT2D eigenvalue weighted by Crippen LogP contribution is 2.61. The molecule has 0 amide bonds.